The van der Waals surface area contributed by atoms with Crippen LogP contribution in [-0.4, -0.2) is 38.9 Å². The molecule has 1 aromatic carbocycles. The lowest BCUT2D eigenvalue weighted by Gasteiger charge is -2.08. The summed E-state index contributed by atoms with van der Waals surface area (Å²) in [7, 11) is 0. The first kappa shape index (κ1) is 13.8. The quantitative estimate of drug-likeness (QED) is 0.463. The van der Waals surface area contributed by atoms with Crippen LogP contribution in [-0.2, 0) is 9.47 Å². The molecular formula is C14H21N3O2. The molecule has 3 N–H and O–H groups in total. The van der Waals surface area contributed by atoms with Crippen LogP contribution in [0, 0.1) is 5.92 Å². The molecule has 2 rings (SSSR count). The van der Waals surface area contributed by atoms with E-state index in [0.717, 1.165) is 31.9 Å². The first-order chi connectivity index (χ1) is 9.34. The summed E-state index contributed by atoms with van der Waals surface area (Å²) in [6.07, 6.45) is 1.10. The van der Waals surface area contributed by atoms with Crippen LogP contribution in [0.5, 0.6) is 0 Å². The van der Waals surface area contributed by atoms with Crippen molar-refractivity contribution in [1.82, 2.24) is 0 Å². The van der Waals surface area contributed by atoms with Gasteiger partial charge in [-0.3, -0.25) is 4.99 Å². The molecule has 5 nitrogen and oxygen atoms in total. The Hall–Kier alpha value is -1.59. The molecule has 1 heterocycles. The van der Waals surface area contributed by atoms with Gasteiger partial charge in [0.2, 0.25) is 0 Å². The number of aliphatic imine (C=N–C) groups is 1. The average Bonchev–Trinajstić information content (AvgIpc) is 2.92. The maximum atomic E-state index is 5.77. The third kappa shape index (κ3) is 5.28. The van der Waals surface area contributed by atoms with Gasteiger partial charge < -0.3 is 20.5 Å². The van der Waals surface area contributed by atoms with Crippen molar-refractivity contribution in [3.63, 3.8) is 0 Å². The fourth-order valence-corrected chi connectivity index (χ4v) is 1.90. The summed E-state index contributed by atoms with van der Waals surface area (Å²) in [6, 6.07) is 9.74. The van der Waals surface area contributed by atoms with E-state index in [1.807, 2.05) is 30.3 Å². The molecule has 1 aliphatic heterocycles. The summed E-state index contributed by atoms with van der Waals surface area (Å²) in [4.78, 5) is 4.21. The third-order valence-corrected chi connectivity index (χ3v) is 2.94. The van der Waals surface area contributed by atoms with Gasteiger partial charge in [0.25, 0.3) is 0 Å². The highest BCUT2D eigenvalue weighted by atomic mass is 16.5. The minimum atomic E-state index is 0.416. The number of guanidine groups is 1. The molecule has 1 saturated heterocycles. The van der Waals surface area contributed by atoms with E-state index in [0.29, 0.717) is 25.0 Å². The fraction of sp³-hybridized carbons (Fsp3) is 0.500. The molecule has 0 radical (unpaired) electrons. The summed E-state index contributed by atoms with van der Waals surface area (Å²) in [5, 5.41) is 3.03. The maximum absolute atomic E-state index is 5.77. The van der Waals surface area contributed by atoms with E-state index < -0.39 is 0 Å². The van der Waals surface area contributed by atoms with Gasteiger partial charge in [0.05, 0.1) is 26.4 Å². The smallest absolute Gasteiger partial charge is 0.193 e. The van der Waals surface area contributed by atoms with Gasteiger partial charge in [-0.15, -0.1) is 0 Å². The number of nitrogens with zero attached hydrogens (tertiary/aromatic N) is 1. The van der Waals surface area contributed by atoms with E-state index in [2.05, 4.69) is 10.3 Å². The molecule has 0 saturated carbocycles. The Bertz CT molecular complexity index is 389. The topological polar surface area (TPSA) is 68.9 Å². The minimum Gasteiger partial charge on any atom is -0.381 e. The summed E-state index contributed by atoms with van der Waals surface area (Å²) in [5.41, 5.74) is 6.71. The lowest BCUT2D eigenvalue weighted by molar-refractivity contribution is 0.0951. The second-order valence-corrected chi connectivity index (χ2v) is 4.56. The van der Waals surface area contributed by atoms with E-state index in [4.69, 9.17) is 15.2 Å². The highest BCUT2D eigenvalue weighted by Gasteiger charge is 2.14. The molecule has 104 valence electrons. The van der Waals surface area contributed by atoms with Gasteiger partial charge in [-0.1, -0.05) is 18.2 Å². The van der Waals surface area contributed by atoms with Crippen molar-refractivity contribution in [3.8, 4) is 0 Å². The summed E-state index contributed by atoms with van der Waals surface area (Å²) in [5.74, 6) is 0.961. The van der Waals surface area contributed by atoms with Gasteiger partial charge in [0.15, 0.2) is 5.96 Å². The van der Waals surface area contributed by atoms with Crippen molar-refractivity contribution in [2.45, 2.75) is 6.42 Å². The van der Waals surface area contributed by atoms with Crippen molar-refractivity contribution in [3.05, 3.63) is 30.3 Å². The first-order valence-electron chi connectivity index (χ1n) is 6.62. The number of para-hydroxylation sites is 1. The van der Waals surface area contributed by atoms with E-state index >= 15 is 0 Å². The standard InChI is InChI=1S/C14H21N3O2/c15-14(17-13-4-2-1-3-5-13)16-7-9-19-11-12-6-8-18-10-12/h1-5,12H,6-11H2,(H3,15,16,17). The zero-order chi connectivity index (χ0) is 13.3. The summed E-state index contributed by atoms with van der Waals surface area (Å²) >= 11 is 0. The molecule has 1 unspecified atom stereocenters. The molecule has 0 aromatic heterocycles. The maximum Gasteiger partial charge on any atom is 0.193 e. The number of anilines is 1. The van der Waals surface area contributed by atoms with Crippen LogP contribution in [0.3, 0.4) is 0 Å². The Kier molecular flexibility index (Phi) is 5.65. The number of ether oxygens (including phenoxy) is 2. The van der Waals surface area contributed by atoms with Gasteiger partial charge in [0.1, 0.15) is 0 Å². The molecule has 1 aliphatic rings. The van der Waals surface area contributed by atoms with Gasteiger partial charge in [-0.05, 0) is 18.6 Å². The van der Waals surface area contributed by atoms with Gasteiger partial charge in [-0.2, -0.15) is 0 Å². The number of hydrogen-bond donors (Lipinski definition) is 2. The Morgan fingerprint density at radius 1 is 1.42 bits per heavy atom. The Morgan fingerprint density at radius 3 is 3.00 bits per heavy atom. The Labute approximate surface area is 113 Å². The van der Waals surface area contributed by atoms with Gasteiger partial charge in [0, 0.05) is 18.2 Å². The number of rotatable bonds is 6. The van der Waals surface area contributed by atoms with E-state index in [1.165, 1.54) is 0 Å². The van der Waals surface area contributed by atoms with Crippen molar-refractivity contribution < 1.29 is 9.47 Å². The molecule has 0 bridgehead atoms. The molecule has 0 aliphatic carbocycles. The number of hydrogen-bond acceptors (Lipinski definition) is 3. The molecule has 0 spiro atoms. The van der Waals surface area contributed by atoms with Crippen LogP contribution in [0.4, 0.5) is 5.69 Å². The van der Waals surface area contributed by atoms with Crippen molar-refractivity contribution >= 4 is 11.6 Å². The summed E-state index contributed by atoms with van der Waals surface area (Å²) in [6.45, 7) is 3.59. The molecule has 19 heavy (non-hydrogen) atoms. The lowest BCUT2D eigenvalue weighted by Crippen LogP contribution is -2.23. The summed E-state index contributed by atoms with van der Waals surface area (Å²) < 4.78 is 10.8. The van der Waals surface area contributed by atoms with Crippen molar-refractivity contribution in [2.75, 3.05) is 38.3 Å². The predicted octanol–water partition coefficient (Wildman–Crippen LogP) is 1.47. The highest BCUT2D eigenvalue weighted by Crippen LogP contribution is 2.11. The van der Waals surface area contributed by atoms with Crippen molar-refractivity contribution in [1.29, 1.82) is 0 Å². The lowest BCUT2D eigenvalue weighted by atomic mass is 10.1. The Morgan fingerprint density at radius 2 is 2.26 bits per heavy atom. The fourth-order valence-electron chi connectivity index (χ4n) is 1.90. The number of benzene rings is 1. The van der Waals surface area contributed by atoms with Crippen LogP contribution in [0.25, 0.3) is 0 Å². The van der Waals surface area contributed by atoms with Crippen LogP contribution < -0.4 is 11.1 Å². The SMILES string of the molecule is NC(=NCCOCC1CCOC1)Nc1ccccc1. The molecule has 5 heteroatoms. The zero-order valence-electron chi connectivity index (χ0n) is 11.0. The Balaban J connectivity index is 1.59. The second kappa shape index (κ2) is 7.76. The van der Waals surface area contributed by atoms with Gasteiger partial charge >= 0.3 is 0 Å². The number of nitrogens with two attached hydrogens (primary N) is 1. The first-order valence-corrected chi connectivity index (χ1v) is 6.62. The van der Waals surface area contributed by atoms with E-state index in [9.17, 15) is 0 Å². The number of nitrogens with one attached hydrogen (secondary N) is 1. The zero-order valence-corrected chi connectivity index (χ0v) is 11.0. The van der Waals surface area contributed by atoms with Crippen LogP contribution >= 0.6 is 0 Å². The molecule has 1 aromatic rings. The van der Waals surface area contributed by atoms with Gasteiger partial charge in [-0.25, -0.2) is 0 Å². The monoisotopic (exact) mass is 263 g/mol. The molecule has 1 atom stereocenters. The van der Waals surface area contributed by atoms with Crippen LogP contribution in [0.2, 0.25) is 0 Å². The van der Waals surface area contributed by atoms with E-state index in [1.54, 1.807) is 0 Å². The average molecular weight is 263 g/mol. The van der Waals surface area contributed by atoms with Crippen LogP contribution in [0.1, 0.15) is 6.42 Å². The van der Waals surface area contributed by atoms with Crippen molar-refractivity contribution in [2.24, 2.45) is 16.6 Å². The predicted molar refractivity (Wildman–Crippen MR) is 76.3 cm³/mol. The van der Waals surface area contributed by atoms with E-state index in [-0.39, 0.29) is 0 Å². The molecular weight excluding hydrogens is 242 g/mol. The van der Waals surface area contributed by atoms with Crippen LogP contribution in [0.15, 0.2) is 35.3 Å². The third-order valence-electron chi connectivity index (χ3n) is 2.94. The minimum absolute atomic E-state index is 0.416. The normalized spacial score (nSPS) is 19.6. The largest absolute Gasteiger partial charge is 0.381 e. The molecule has 0 amide bonds. The highest BCUT2D eigenvalue weighted by molar-refractivity contribution is 5.92. The molecule has 1 fully saturated rings. The second-order valence-electron chi connectivity index (χ2n) is 4.56.